The average Bonchev–Trinajstić information content (AvgIpc) is 3.05. The van der Waals surface area contributed by atoms with Gasteiger partial charge in [-0.05, 0) is 61.6 Å². The summed E-state index contributed by atoms with van der Waals surface area (Å²) in [5.41, 5.74) is 6.75. The maximum atomic E-state index is 14.4. The second kappa shape index (κ2) is 16.8. The number of benzene rings is 2. The van der Waals surface area contributed by atoms with Crippen molar-refractivity contribution in [2.24, 2.45) is 5.73 Å². The van der Waals surface area contributed by atoms with Crippen LogP contribution in [0.4, 0.5) is 19.3 Å². The van der Waals surface area contributed by atoms with Crippen molar-refractivity contribution in [2.45, 2.75) is 52.1 Å². The van der Waals surface area contributed by atoms with E-state index in [9.17, 15) is 23.2 Å². The lowest BCUT2D eigenvalue weighted by Crippen LogP contribution is -2.49. The quantitative estimate of drug-likeness (QED) is 0.203. The van der Waals surface area contributed by atoms with Gasteiger partial charge in [0, 0.05) is 69.8 Å². The number of aromatic nitrogens is 1. The Kier molecular flexibility index (Phi) is 12.6. The third-order valence-corrected chi connectivity index (χ3v) is 8.02. The minimum absolute atomic E-state index is 0.0723. The lowest BCUT2D eigenvalue weighted by Gasteiger charge is -2.38. The first-order chi connectivity index (χ1) is 22.6. The van der Waals surface area contributed by atoms with E-state index < -0.39 is 29.1 Å². The summed E-state index contributed by atoms with van der Waals surface area (Å²) in [6.07, 6.45) is 4.82. The minimum Gasteiger partial charge on any atom is -0.439 e. The number of nitrogens with two attached hydrogens (primary N) is 1. The number of aryl methyl sites for hydroxylation is 1. The van der Waals surface area contributed by atoms with Crippen LogP contribution in [0.25, 0.3) is 0 Å². The van der Waals surface area contributed by atoms with Crippen LogP contribution < -0.4 is 21.1 Å². The molecule has 3 aromatic rings. The Hall–Kier alpha value is -4.62. The Labute approximate surface area is 273 Å². The number of amides is 4. The van der Waals surface area contributed by atoms with Crippen LogP contribution in [0.5, 0.6) is 11.6 Å². The average molecular weight is 653 g/mol. The predicted molar refractivity (Wildman–Crippen MR) is 174 cm³/mol. The van der Waals surface area contributed by atoms with Gasteiger partial charge < -0.3 is 30.7 Å². The number of piperidine rings is 1. The van der Waals surface area contributed by atoms with Crippen molar-refractivity contribution in [2.75, 3.05) is 45.2 Å². The van der Waals surface area contributed by atoms with Crippen molar-refractivity contribution >= 4 is 23.5 Å². The van der Waals surface area contributed by atoms with Crippen LogP contribution in [0, 0.1) is 18.6 Å². The number of urea groups is 1. The van der Waals surface area contributed by atoms with Gasteiger partial charge in [0.05, 0.1) is 17.9 Å². The molecule has 1 aliphatic heterocycles. The van der Waals surface area contributed by atoms with Crippen molar-refractivity contribution in [3.8, 4) is 11.6 Å². The molecule has 1 aromatic heterocycles. The summed E-state index contributed by atoms with van der Waals surface area (Å²) in [4.78, 5) is 45.5. The largest absolute Gasteiger partial charge is 0.439 e. The first kappa shape index (κ1) is 35.2. The normalized spacial score (nSPS) is 13.6. The van der Waals surface area contributed by atoms with E-state index in [1.807, 2.05) is 26.0 Å². The van der Waals surface area contributed by atoms with Gasteiger partial charge in [-0.25, -0.2) is 18.6 Å². The third kappa shape index (κ3) is 9.69. The number of nitrogens with zero attached hydrogens (tertiary/aromatic N) is 3. The summed E-state index contributed by atoms with van der Waals surface area (Å²) in [6.45, 7) is 7.38. The molecule has 1 fully saturated rings. The van der Waals surface area contributed by atoms with Crippen LogP contribution in [0.1, 0.15) is 64.4 Å². The molecule has 0 unspecified atom stereocenters. The number of rotatable bonds is 14. The van der Waals surface area contributed by atoms with Gasteiger partial charge in [-0.1, -0.05) is 19.4 Å². The van der Waals surface area contributed by atoms with Gasteiger partial charge in [0.2, 0.25) is 5.88 Å². The van der Waals surface area contributed by atoms with E-state index in [0.29, 0.717) is 62.3 Å². The van der Waals surface area contributed by atoms with E-state index in [-0.39, 0.29) is 17.6 Å². The second-order valence-electron chi connectivity index (χ2n) is 11.5. The SMILES string of the molecule is CCCCN(C(=O)Nc1cc(C(N)=O)c(F)cc1F)C1CCN(Cc2ccc(Oc3ccc(C(=O)NCCOC)cc3C)nc2)CC1. The summed E-state index contributed by atoms with van der Waals surface area (Å²) < 4.78 is 39.3. The molecular formula is C34H42F2N6O5. The Balaban J connectivity index is 1.31. The van der Waals surface area contributed by atoms with Crippen molar-refractivity contribution < 1.29 is 32.6 Å². The van der Waals surface area contributed by atoms with Gasteiger partial charge in [0.1, 0.15) is 17.4 Å². The predicted octanol–water partition coefficient (Wildman–Crippen LogP) is 5.23. The third-order valence-electron chi connectivity index (χ3n) is 8.02. The van der Waals surface area contributed by atoms with Crippen molar-refractivity contribution in [3.05, 3.63) is 82.5 Å². The molecule has 0 saturated carbocycles. The number of primary amides is 1. The number of hydrogen-bond donors (Lipinski definition) is 3. The molecular weight excluding hydrogens is 610 g/mol. The van der Waals surface area contributed by atoms with Gasteiger partial charge in [-0.2, -0.15) is 0 Å². The molecule has 2 heterocycles. The Morgan fingerprint density at radius 3 is 2.49 bits per heavy atom. The maximum absolute atomic E-state index is 14.4. The molecule has 47 heavy (non-hydrogen) atoms. The number of halogens is 2. The Morgan fingerprint density at radius 1 is 1.09 bits per heavy atom. The highest BCUT2D eigenvalue weighted by Crippen LogP contribution is 2.26. The van der Waals surface area contributed by atoms with Crippen molar-refractivity contribution in [1.82, 2.24) is 20.1 Å². The molecule has 4 amide bonds. The van der Waals surface area contributed by atoms with E-state index in [0.717, 1.165) is 43.1 Å². The summed E-state index contributed by atoms with van der Waals surface area (Å²) in [6, 6.07) is 9.88. The number of methoxy groups -OCH3 is 1. The number of likely N-dealkylation sites (tertiary alicyclic amines) is 1. The van der Waals surface area contributed by atoms with Crippen LogP contribution >= 0.6 is 0 Å². The smallest absolute Gasteiger partial charge is 0.322 e. The highest BCUT2D eigenvalue weighted by molar-refractivity contribution is 5.96. The number of ether oxygens (including phenoxy) is 2. The van der Waals surface area contributed by atoms with Crippen molar-refractivity contribution in [3.63, 3.8) is 0 Å². The lowest BCUT2D eigenvalue weighted by molar-refractivity contribution is 0.0936. The van der Waals surface area contributed by atoms with Gasteiger partial charge in [-0.3, -0.25) is 14.5 Å². The van der Waals surface area contributed by atoms with E-state index in [1.165, 1.54) is 0 Å². The number of hydrogen-bond acceptors (Lipinski definition) is 7. The topological polar surface area (TPSA) is 139 Å². The highest BCUT2D eigenvalue weighted by Gasteiger charge is 2.29. The monoisotopic (exact) mass is 652 g/mol. The molecule has 0 spiro atoms. The van der Waals surface area contributed by atoms with Gasteiger partial charge in [0.15, 0.2) is 0 Å². The standard InChI is InChI=1S/C34H42F2N6O5/c1-4-5-13-42(34(45)40-29-18-26(32(37)43)27(35)19-28(29)36)25-10-14-41(15-11-25)21-23-6-9-31(39-20-23)47-30-8-7-24(17-22(30)2)33(44)38-12-16-46-3/h6-9,17-20,25H,4-5,10-16,21H2,1-3H3,(H2,37,43)(H,38,44)(H,40,45). The number of unbranched alkanes of at least 4 members (excludes halogenated alkanes) is 1. The molecule has 252 valence electrons. The van der Waals surface area contributed by atoms with Crippen molar-refractivity contribution in [1.29, 1.82) is 0 Å². The fraction of sp³-hybridized carbons (Fsp3) is 0.412. The molecule has 4 N–H and O–H groups in total. The first-order valence-corrected chi connectivity index (χ1v) is 15.7. The second-order valence-corrected chi connectivity index (χ2v) is 11.5. The van der Waals surface area contributed by atoms with Crippen LogP contribution in [-0.2, 0) is 11.3 Å². The van der Waals surface area contributed by atoms with Gasteiger partial charge in [0.25, 0.3) is 11.8 Å². The number of nitrogens with one attached hydrogen (secondary N) is 2. The molecule has 0 radical (unpaired) electrons. The molecule has 13 heteroatoms. The lowest BCUT2D eigenvalue weighted by atomic mass is 10.0. The fourth-order valence-corrected chi connectivity index (χ4v) is 5.40. The van der Waals surface area contributed by atoms with Crippen LogP contribution in [0.3, 0.4) is 0 Å². The number of carbonyl (C=O) groups is 3. The Bertz CT molecular complexity index is 1550. The summed E-state index contributed by atoms with van der Waals surface area (Å²) in [5.74, 6) is -2.25. The zero-order valence-electron chi connectivity index (χ0n) is 27.0. The van der Waals surface area contributed by atoms with E-state index in [2.05, 4.69) is 20.5 Å². The highest BCUT2D eigenvalue weighted by atomic mass is 19.1. The molecule has 11 nitrogen and oxygen atoms in total. The minimum atomic E-state index is -1.08. The fourth-order valence-electron chi connectivity index (χ4n) is 5.40. The zero-order chi connectivity index (χ0) is 33.9. The van der Waals surface area contributed by atoms with E-state index >= 15 is 0 Å². The van der Waals surface area contributed by atoms with Gasteiger partial charge >= 0.3 is 6.03 Å². The summed E-state index contributed by atoms with van der Waals surface area (Å²) in [5, 5.41) is 5.31. The molecule has 2 aromatic carbocycles. The first-order valence-electron chi connectivity index (χ1n) is 15.7. The van der Waals surface area contributed by atoms with Crippen LogP contribution in [0.2, 0.25) is 0 Å². The number of anilines is 1. The van der Waals surface area contributed by atoms with E-state index in [1.54, 1.807) is 36.4 Å². The van der Waals surface area contributed by atoms with Gasteiger partial charge in [-0.15, -0.1) is 0 Å². The zero-order valence-corrected chi connectivity index (χ0v) is 27.0. The summed E-state index contributed by atoms with van der Waals surface area (Å²) >= 11 is 0. The maximum Gasteiger partial charge on any atom is 0.322 e. The number of pyridine rings is 1. The van der Waals surface area contributed by atoms with Crippen LogP contribution in [0.15, 0.2) is 48.7 Å². The molecule has 0 bridgehead atoms. The molecule has 0 atom stereocenters. The van der Waals surface area contributed by atoms with Crippen LogP contribution in [-0.4, -0.2) is 78.6 Å². The molecule has 4 rings (SSSR count). The molecule has 0 aliphatic carbocycles. The molecule has 1 aliphatic rings. The Morgan fingerprint density at radius 2 is 1.85 bits per heavy atom. The molecule has 1 saturated heterocycles. The number of carbonyl (C=O) groups excluding carboxylic acids is 3. The summed E-state index contributed by atoms with van der Waals surface area (Å²) in [7, 11) is 1.58. The van der Waals surface area contributed by atoms with E-state index in [4.69, 9.17) is 15.2 Å².